The first-order valence-electron chi connectivity index (χ1n) is 5.96. The average molecular weight is 256 g/mol. The van der Waals surface area contributed by atoms with E-state index in [1.165, 1.54) is 12.8 Å². The minimum atomic E-state index is -3.77. The van der Waals surface area contributed by atoms with Gasteiger partial charge in [-0.15, -0.1) is 10.2 Å². The average Bonchev–Trinajstić information content (AvgIpc) is 3.12. The van der Waals surface area contributed by atoms with Crippen LogP contribution in [0.15, 0.2) is 5.16 Å². The highest BCUT2D eigenvalue weighted by molar-refractivity contribution is 7.89. The summed E-state index contributed by atoms with van der Waals surface area (Å²) >= 11 is 0. The van der Waals surface area contributed by atoms with Crippen LogP contribution >= 0.6 is 0 Å². The molecule has 94 valence electrons. The summed E-state index contributed by atoms with van der Waals surface area (Å²) in [6, 6.07) is 0.231. The Morgan fingerprint density at radius 1 is 1.29 bits per heavy atom. The summed E-state index contributed by atoms with van der Waals surface area (Å²) in [6.45, 7) is 2.09. The lowest BCUT2D eigenvalue weighted by Gasteiger charge is -2.12. The van der Waals surface area contributed by atoms with Crippen LogP contribution in [0.1, 0.15) is 50.4 Å². The normalized spacial score (nSPS) is 22.7. The molecule has 1 atom stereocenters. The van der Waals surface area contributed by atoms with Gasteiger partial charge in [-0.05, 0) is 31.6 Å². The molecule has 2 aliphatic carbocycles. The number of aromatic nitrogens is 3. The molecule has 1 aromatic rings. The molecule has 17 heavy (non-hydrogen) atoms. The van der Waals surface area contributed by atoms with Gasteiger partial charge in [0.25, 0.3) is 15.2 Å². The van der Waals surface area contributed by atoms with Crippen LogP contribution in [0.25, 0.3) is 0 Å². The Kier molecular flexibility index (Phi) is 2.31. The van der Waals surface area contributed by atoms with Crippen LogP contribution in [-0.2, 0) is 10.0 Å². The van der Waals surface area contributed by atoms with Gasteiger partial charge in [-0.25, -0.2) is 13.6 Å². The minimum absolute atomic E-state index is 0.0671. The van der Waals surface area contributed by atoms with Gasteiger partial charge in [0, 0.05) is 12.0 Å². The third-order valence-corrected chi connectivity index (χ3v) is 4.38. The summed E-state index contributed by atoms with van der Waals surface area (Å²) in [5, 5.41) is 12.9. The lowest BCUT2D eigenvalue weighted by molar-refractivity contribution is 0.528. The van der Waals surface area contributed by atoms with Crippen LogP contribution in [0, 0.1) is 5.92 Å². The molecule has 0 saturated heterocycles. The van der Waals surface area contributed by atoms with Gasteiger partial charge in [-0.3, -0.25) is 4.57 Å². The molecule has 6 nitrogen and oxygen atoms in total. The predicted octanol–water partition coefficient (Wildman–Crippen LogP) is 0.774. The van der Waals surface area contributed by atoms with Crippen LogP contribution in [-0.4, -0.2) is 23.2 Å². The standard InChI is InChI=1S/C10H16N4O2S/c1-6(7-2-3-7)9-12-13-10(17(11,15)16)14(9)8-4-5-8/h6-8H,2-5H2,1H3,(H2,11,15,16). The second kappa shape index (κ2) is 3.52. The third kappa shape index (κ3) is 1.97. The van der Waals surface area contributed by atoms with Crippen molar-refractivity contribution in [2.75, 3.05) is 0 Å². The number of rotatable bonds is 4. The topological polar surface area (TPSA) is 90.9 Å². The Morgan fingerprint density at radius 2 is 1.94 bits per heavy atom. The van der Waals surface area contributed by atoms with E-state index in [1.54, 1.807) is 4.57 Å². The van der Waals surface area contributed by atoms with E-state index in [9.17, 15) is 8.42 Å². The largest absolute Gasteiger partial charge is 0.297 e. The highest BCUT2D eigenvalue weighted by Crippen LogP contribution is 2.45. The molecule has 0 spiro atoms. The predicted molar refractivity (Wildman–Crippen MR) is 60.8 cm³/mol. The minimum Gasteiger partial charge on any atom is -0.297 e. The van der Waals surface area contributed by atoms with Gasteiger partial charge in [-0.1, -0.05) is 6.92 Å². The zero-order chi connectivity index (χ0) is 12.2. The Bertz CT molecular complexity index is 543. The Labute approximate surface area is 100 Å². The zero-order valence-corrected chi connectivity index (χ0v) is 10.5. The van der Waals surface area contributed by atoms with Crippen molar-refractivity contribution in [1.82, 2.24) is 14.8 Å². The van der Waals surface area contributed by atoms with E-state index in [1.807, 2.05) is 0 Å². The summed E-state index contributed by atoms with van der Waals surface area (Å²) in [5.74, 6) is 1.70. The number of hydrogen-bond acceptors (Lipinski definition) is 4. The van der Waals surface area contributed by atoms with Crippen molar-refractivity contribution in [3.63, 3.8) is 0 Å². The SMILES string of the molecule is CC(c1nnc(S(N)(=O)=O)n1C1CC1)C1CC1. The maximum absolute atomic E-state index is 11.5. The first-order valence-corrected chi connectivity index (χ1v) is 7.50. The first-order chi connectivity index (χ1) is 7.98. The van der Waals surface area contributed by atoms with Gasteiger partial charge in [-0.2, -0.15) is 0 Å². The molecule has 2 aliphatic rings. The van der Waals surface area contributed by atoms with Crippen LogP contribution in [0.4, 0.5) is 0 Å². The Morgan fingerprint density at radius 3 is 2.41 bits per heavy atom. The summed E-state index contributed by atoms with van der Waals surface area (Å²) < 4.78 is 24.7. The van der Waals surface area contributed by atoms with Crippen LogP contribution in [0.2, 0.25) is 0 Å². The number of nitrogens with two attached hydrogens (primary N) is 1. The molecule has 7 heteroatoms. The van der Waals surface area contributed by atoms with E-state index in [2.05, 4.69) is 17.1 Å². The summed E-state index contributed by atoms with van der Waals surface area (Å²) in [6.07, 6.45) is 4.38. The fourth-order valence-electron chi connectivity index (χ4n) is 2.28. The van der Waals surface area contributed by atoms with Crippen LogP contribution < -0.4 is 5.14 Å². The second-order valence-corrected chi connectivity index (χ2v) is 6.57. The van der Waals surface area contributed by atoms with Gasteiger partial charge in [0.2, 0.25) is 0 Å². The van der Waals surface area contributed by atoms with Crippen molar-refractivity contribution in [2.24, 2.45) is 11.1 Å². The molecule has 1 unspecified atom stereocenters. The van der Waals surface area contributed by atoms with Crippen molar-refractivity contribution in [3.05, 3.63) is 5.82 Å². The molecular weight excluding hydrogens is 240 g/mol. The van der Waals surface area contributed by atoms with Crippen molar-refractivity contribution in [2.45, 2.75) is 49.7 Å². The van der Waals surface area contributed by atoms with Gasteiger partial charge >= 0.3 is 0 Å². The van der Waals surface area contributed by atoms with Gasteiger partial charge in [0.15, 0.2) is 0 Å². The van der Waals surface area contributed by atoms with Crippen molar-refractivity contribution < 1.29 is 8.42 Å². The van der Waals surface area contributed by atoms with Crippen LogP contribution in [0.3, 0.4) is 0 Å². The van der Waals surface area contributed by atoms with Crippen molar-refractivity contribution >= 4 is 10.0 Å². The number of sulfonamides is 1. The van der Waals surface area contributed by atoms with Crippen molar-refractivity contribution in [3.8, 4) is 0 Å². The quantitative estimate of drug-likeness (QED) is 0.861. The smallest absolute Gasteiger partial charge is 0.273 e. The second-order valence-electron chi connectivity index (χ2n) is 5.11. The first kappa shape index (κ1) is 11.2. The van der Waals surface area contributed by atoms with Crippen LogP contribution in [0.5, 0.6) is 0 Å². The lowest BCUT2D eigenvalue weighted by Crippen LogP contribution is -2.19. The molecule has 2 N–H and O–H groups in total. The highest BCUT2D eigenvalue weighted by atomic mass is 32.2. The Balaban J connectivity index is 2.06. The molecule has 0 radical (unpaired) electrons. The lowest BCUT2D eigenvalue weighted by atomic mass is 10.1. The van der Waals surface area contributed by atoms with Gasteiger partial charge < -0.3 is 0 Å². The summed E-state index contributed by atoms with van der Waals surface area (Å²) in [7, 11) is -3.77. The molecular formula is C10H16N4O2S. The maximum Gasteiger partial charge on any atom is 0.273 e. The molecule has 1 aromatic heterocycles. The molecule has 0 bridgehead atoms. The fourth-order valence-corrected chi connectivity index (χ4v) is 2.95. The van der Waals surface area contributed by atoms with E-state index in [-0.39, 0.29) is 17.1 Å². The van der Waals surface area contributed by atoms with E-state index >= 15 is 0 Å². The van der Waals surface area contributed by atoms with Gasteiger partial charge in [0.05, 0.1) is 0 Å². The highest BCUT2D eigenvalue weighted by Gasteiger charge is 2.38. The zero-order valence-electron chi connectivity index (χ0n) is 9.70. The molecule has 0 amide bonds. The summed E-state index contributed by atoms with van der Waals surface area (Å²) in [4.78, 5) is 0. The van der Waals surface area contributed by atoms with E-state index < -0.39 is 10.0 Å². The monoisotopic (exact) mass is 256 g/mol. The number of nitrogens with zero attached hydrogens (tertiary/aromatic N) is 3. The molecule has 1 heterocycles. The molecule has 0 aliphatic heterocycles. The van der Waals surface area contributed by atoms with E-state index in [0.29, 0.717) is 5.92 Å². The summed E-state index contributed by atoms with van der Waals surface area (Å²) in [5.41, 5.74) is 0. The van der Waals surface area contributed by atoms with Gasteiger partial charge in [0.1, 0.15) is 5.82 Å². The molecule has 2 fully saturated rings. The molecule has 0 aromatic carbocycles. The van der Waals surface area contributed by atoms with E-state index in [0.717, 1.165) is 18.7 Å². The third-order valence-electron chi connectivity index (χ3n) is 3.59. The fraction of sp³-hybridized carbons (Fsp3) is 0.800. The number of hydrogen-bond donors (Lipinski definition) is 1. The Hall–Kier alpha value is -0.950. The maximum atomic E-state index is 11.5. The molecule has 3 rings (SSSR count). The van der Waals surface area contributed by atoms with Crippen molar-refractivity contribution in [1.29, 1.82) is 0 Å². The number of primary sulfonamides is 1. The van der Waals surface area contributed by atoms with E-state index in [4.69, 9.17) is 5.14 Å². The molecule has 2 saturated carbocycles.